The van der Waals surface area contributed by atoms with Gasteiger partial charge in [-0.3, -0.25) is 0 Å². The zero-order chi connectivity index (χ0) is 11.5. The third kappa shape index (κ3) is 2.08. The van der Waals surface area contributed by atoms with Crippen LogP contribution in [0.2, 0.25) is 0 Å². The van der Waals surface area contributed by atoms with Crippen molar-refractivity contribution in [3.05, 3.63) is 59.2 Å². The van der Waals surface area contributed by atoms with E-state index in [1.165, 1.54) is 11.1 Å². The average Bonchev–Trinajstić information content (AvgIpc) is 2.31. The van der Waals surface area contributed by atoms with E-state index < -0.39 is 0 Å². The van der Waals surface area contributed by atoms with Gasteiger partial charge in [-0.05, 0) is 55.7 Å². The number of benzene rings is 2. The molecule has 0 N–H and O–H groups in total. The first kappa shape index (κ1) is 10.7. The zero-order valence-electron chi connectivity index (χ0n) is 9.87. The molecule has 0 aromatic heterocycles. The molecule has 0 bridgehead atoms. The maximum Gasteiger partial charge on any atom is 0.133 e. The molecule has 0 amide bonds. The highest BCUT2D eigenvalue weighted by Crippen LogP contribution is 2.30. The fourth-order valence-electron chi connectivity index (χ4n) is 1.64. The highest BCUT2D eigenvalue weighted by atomic mass is 16.5. The second-order valence-corrected chi connectivity index (χ2v) is 3.99. The molecule has 0 atom stereocenters. The molecular formula is C15H15O. The Labute approximate surface area is 96.7 Å². The standard InChI is InChI=1S/C15H15O/c1-11-9-10-12(2)15(13(11)3)16-14-7-5-4-6-8-14/h5-10H,1-3H3. The second kappa shape index (κ2) is 4.40. The molecule has 0 saturated carbocycles. The van der Waals surface area contributed by atoms with Crippen molar-refractivity contribution in [2.45, 2.75) is 20.8 Å². The molecule has 0 unspecified atom stereocenters. The molecule has 1 nitrogen and oxygen atoms in total. The monoisotopic (exact) mass is 211 g/mol. The number of rotatable bonds is 2. The molecule has 1 heteroatoms. The number of ether oxygens (including phenoxy) is 1. The maximum absolute atomic E-state index is 5.90. The minimum atomic E-state index is 0.857. The zero-order valence-corrected chi connectivity index (χ0v) is 9.87. The smallest absolute Gasteiger partial charge is 0.133 e. The Morgan fingerprint density at radius 3 is 2.19 bits per heavy atom. The molecule has 0 aliphatic carbocycles. The molecule has 0 aliphatic heterocycles. The molecule has 2 aromatic carbocycles. The van der Waals surface area contributed by atoms with Gasteiger partial charge in [-0.15, -0.1) is 0 Å². The first-order chi connectivity index (χ1) is 7.68. The van der Waals surface area contributed by atoms with Crippen LogP contribution < -0.4 is 4.74 Å². The van der Waals surface area contributed by atoms with Crippen molar-refractivity contribution in [1.82, 2.24) is 0 Å². The third-order valence-corrected chi connectivity index (χ3v) is 2.78. The van der Waals surface area contributed by atoms with Crippen LogP contribution in [-0.4, -0.2) is 0 Å². The topological polar surface area (TPSA) is 9.23 Å². The summed E-state index contributed by atoms with van der Waals surface area (Å²) in [5.41, 5.74) is 3.62. The first-order valence-corrected chi connectivity index (χ1v) is 5.39. The summed E-state index contributed by atoms with van der Waals surface area (Å²) in [4.78, 5) is 0. The predicted octanol–water partition coefficient (Wildman–Crippen LogP) is 4.20. The summed E-state index contributed by atoms with van der Waals surface area (Å²) in [6.07, 6.45) is 0. The minimum absolute atomic E-state index is 0.857. The lowest BCUT2D eigenvalue weighted by molar-refractivity contribution is 0.474. The van der Waals surface area contributed by atoms with E-state index in [1.807, 2.05) is 24.3 Å². The van der Waals surface area contributed by atoms with Crippen molar-refractivity contribution in [2.75, 3.05) is 0 Å². The molecule has 0 fully saturated rings. The average molecular weight is 211 g/mol. The Bertz CT molecular complexity index is 486. The minimum Gasteiger partial charge on any atom is -0.457 e. The van der Waals surface area contributed by atoms with Gasteiger partial charge in [0.25, 0.3) is 0 Å². The Morgan fingerprint density at radius 2 is 1.50 bits per heavy atom. The molecule has 0 spiro atoms. The van der Waals surface area contributed by atoms with Crippen LogP contribution in [0.3, 0.4) is 0 Å². The van der Waals surface area contributed by atoms with E-state index in [1.54, 1.807) is 0 Å². The Kier molecular flexibility index (Phi) is 2.95. The van der Waals surface area contributed by atoms with E-state index in [9.17, 15) is 0 Å². The van der Waals surface area contributed by atoms with Gasteiger partial charge in [-0.1, -0.05) is 24.3 Å². The van der Waals surface area contributed by atoms with Gasteiger partial charge in [-0.2, -0.15) is 0 Å². The van der Waals surface area contributed by atoms with Crippen LogP contribution in [-0.2, 0) is 0 Å². The van der Waals surface area contributed by atoms with Crippen molar-refractivity contribution in [3.8, 4) is 11.5 Å². The van der Waals surface area contributed by atoms with Gasteiger partial charge in [-0.25, -0.2) is 0 Å². The van der Waals surface area contributed by atoms with Crippen LogP contribution in [0.15, 0.2) is 36.4 Å². The van der Waals surface area contributed by atoms with Crippen LogP contribution in [0.4, 0.5) is 0 Å². The summed E-state index contributed by atoms with van der Waals surface area (Å²) in [5, 5.41) is 0. The highest BCUT2D eigenvalue weighted by Gasteiger charge is 2.06. The molecule has 0 saturated heterocycles. The van der Waals surface area contributed by atoms with Crippen molar-refractivity contribution in [3.63, 3.8) is 0 Å². The van der Waals surface area contributed by atoms with Crippen LogP contribution in [0.1, 0.15) is 16.7 Å². The molecule has 16 heavy (non-hydrogen) atoms. The maximum atomic E-state index is 5.90. The molecule has 2 aromatic rings. The Morgan fingerprint density at radius 1 is 0.875 bits per heavy atom. The second-order valence-electron chi connectivity index (χ2n) is 3.99. The van der Waals surface area contributed by atoms with E-state index in [0.717, 1.165) is 17.1 Å². The van der Waals surface area contributed by atoms with Crippen LogP contribution in [0, 0.1) is 26.8 Å². The number of aryl methyl sites for hydroxylation is 2. The first-order valence-electron chi connectivity index (χ1n) is 5.39. The van der Waals surface area contributed by atoms with Gasteiger partial charge in [0.1, 0.15) is 11.5 Å². The molecule has 1 radical (unpaired) electrons. The predicted molar refractivity (Wildman–Crippen MR) is 66.0 cm³/mol. The molecule has 0 aliphatic rings. The number of hydrogen-bond acceptors (Lipinski definition) is 1. The van der Waals surface area contributed by atoms with Gasteiger partial charge in [0, 0.05) is 0 Å². The summed E-state index contributed by atoms with van der Waals surface area (Å²) in [7, 11) is 0. The lowest BCUT2D eigenvalue weighted by atomic mass is 10.1. The van der Waals surface area contributed by atoms with Gasteiger partial charge in [0.15, 0.2) is 0 Å². The SMILES string of the molecule is Cc1ccc(C)c(Oc2cc[c]cc2)c1C. The normalized spacial score (nSPS) is 10.2. The Hall–Kier alpha value is -1.76. The van der Waals surface area contributed by atoms with Gasteiger partial charge < -0.3 is 4.74 Å². The van der Waals surface area contributed by atoms with E-state index in [2.05, 4.69) is 39.0 Å². The van der Waals surface area contributed by atoms with Gasteiger partial charge >= 0.3 is 0 Å². The molecule has 2 rings (SSSR count). The fourth-order valence-corrected chi connectivity index (χ4v) is 1.64. The fraction of sp³-hybridized carbons (Fsp3) is 0.200. The van der Waals surface area contributed by atoms with Crippen LogP contribution in [0.25, 0.3) is 0 Å². The van der Waals surface area contributed by atoms with Crippen molar-refractivity contribution in [1.29, 1.82) is 0 Å². The van der Waals surface area contributed by atoms with Crippen molar-refractivity contribution in [2.24, 2.45) is 0 Å². The summed E-state index contributed by atoms with van der Waals surface area (Å²) in [6.45, 7) is 6.25. The van der Waals surface area contributed by atoms with Crippen LogP contribution >= 0.6 is 0 Å². The molecular weight excluding hydrogens is 196 g/mol. The van der Waals surface area contributed by atoms with Gasteiger partial charge in [0.2, 0.25) is 0 Å². The number of hydrogen-bond donors (Lipinski definition) is 0. The molecule has 81 valence electrons. The molecule has 0 heterocycles. The van der Waals surface area contributed by atoms with E-state index in [0.29, 0.717) is 0 Å². The Balaban J connectivity index is 2.38. The van der Waals surface area contributed by atoms with Crippen molar-refractivity contribution >= 4 is 0 Å². The quantitative estimate of drug-likeness (QED) is 0.723. The lowest BCUT2D eigenvalue weighted by Crippen LogP contribution is -1.93. The summed E-state index contributed by atoms with van der Waals surface area (Å²) >= 11 is 0. The third-order valence-electron chi connectivity index (χ3n) is 2.78. The highest BCUT2D eigenvalue weighted by molar-refractivity contribution is 5.46. The lowest BCUT2D eigenvalue weighted by Gasteiger charge is -2.13. The summed E-state index contributed by atoms with van der Waals surface area (Å²) < 4.78 is 5.90. The summed E-state index contributed by atoms with van der Waals surface area (Å²) in [6, 6.07) is 14.7. The van der Waals surface area contributed by atoms with E-state index >= 15 is 0 Å². The van der Waals surface area contributed by atoms with Gasteiger partial charge in [0.05, 0.1) is 0 Å². The van der Waals surface area contributed by atoms with E-state index in [4.69, 9.17) is 4.74 Å². The van der Waals surface area contributed by atoms with Crippen molar-refractivity contribution < 1.29 is 4.74 Å². The van der Waals surface area contributed by atoms with E-state index in [-0.39, 0.29) is 0 Å². The largest absolute Gasteiger partial charge is 0.457 e. The summed E-state index contributed by atoms with van der Waals surface area (Å²) in [5.74, 6) is 1.82. The van der Waals surface area contributed by atoms with Crippen LogP contribution in [0.5, 0.6) is 11.5 Å².